The largest absolute Gasteiger partial charge is 0.496 e. The van der Waals surface area contributed by atoms with Crippen molar-refractivity contribution in [3.63, 3.8) is 0 Å². The predicted octanol–water partition coefficient (Wildman–Crippen LogP) is 5.53. The van der Waals surface area contributed by atoms with Gasteiger partial charge in [0.25, 0.3) is 0 Å². The van der Waals surface area contributed by atoms with Gasteiger partial charge in [0, 0.05) is 22.2 Å². The van der Waals surface area contributed by atoms with Crippen LogP contribution in [0.3, 0.4) is 0 Å². The molecule has 3 aromatic carbocycles. The van der Waals surface area contributed by atoms with Gasteiger partial charge >= 0.3 is 5.97 Å². The van der Waals surface area contributed by atoms with Gasteiger partial charge in [0.2, 0.25) is 0 Å². The third-order valence-corrected chi connectivity index (χ3v) is 5.26. The smallest absolute Gasteiger partial charge is 0.341 e. The first kappa shape index (κ1) is 22.4. The summed E-state index contributed by atoms with van der Waals surface area (Å²) in [5.41, 5.74) is 3.58. The maximum atomic E-state index is 13.9. The van der Waals surface area contributed by atoms with Crippen molar-refractivity contribution in [3.8, 4) is 34.0 Å². The summed E-state index contributed by atoms with van der Waals surface area (Å²) in [7, 11) is 1.61. The van der Waals surface area contributed by atoms with Crippen molar-refractivity contribution in [1.82, 2.24) is 9.78 Å². The number of aromatic nitrogens is 2. The molecule has 0 spiro atoms. The number of carbonyl (C=O) groups is 1. The predicted molar refractivity (Wildman–Crippen MR) is 123 cm³/mol. The number of aliphatic carboxylic acids is 1. The zero-order chi connectivity index (χ0) is 23.4. The van der Waals surface area contributed by atoms with Crippen molar-refractivity contribution in [3.05, 3.63) is 89.2 Å². The molecule has 0 saturated heterocycles. The fourth-order valence-corrected chi connectivity index (χ4v) is 3.61. The number of hydrogen-bond donors (Lipinski definition) is 1. The Kier molecular flexibility index (Phi) is 6.60. The van der Waals surface area contributed by atoms with Gasteiger partial charge in [-0.1, -0.05) is 41.9 Å². The molecule has 0 amide bonds. The monoisotopic (exact) mass is 466 g/mol. The molecule has 1 aromatic heterocycles. The van der Waals surface area contributed by atoms with Crippen molar-refractivity contribution < 1.29 is 23.8 Å². The minimum Gasteiger partial charge on any atom is -0.496 e. The second-order valence-electron chi connectivity index (χ2n) is 7.21. The molecule has 4 rings (SSSR count). The average Bonchev–Trinajstić information content (AvgIpc) is 3.22. The summed E-state index contributed by atoms with van der Waals surface area (Å²) in [4.78, 5) is 11.0. The number of carboxylic acids is 1. The number of hydrogen-bond acceptors (Lipinski definition) is 4. The summed E-state index contributed by atoms with van der Waals surface area (Å²) in [6.07, 6.45) is 0. The molecule has 0 aliphatic rings. The van der Waals surface area contributed by atoms with Crippen molar-refractivity contribution in [2.75, 3.05) is 13.7 Å². The van der Waals surface area contributed by atoms with Crippen LogP contribution >= 0.6 is 11.6 Å². The first-order valence-corrected chi connectivity index (χ1v) is 10.4. The molecular formula is C25H20ClFN2O4. The maximum Gasteiger partial charge on any atom is 0.341 e. The van der Waals surface area contributed by atoms with Crippen LogP contribution in [0, 0.1) is 5.82 Å². The molecule has 0 radical (unpaired) electrons. The highest BCUT2D eigenvalue weighted by atomic mass is 35.5. The van der Waals surface area contributed by atoms with E-state index in [1.165, 1.54) is 12.1 Å². The molecular weight excluding hydrogens is 447 g/mol. The van der Waals surface area contributed by atoms with Crippen molar-refractivity contribution in [1.29, 1.82) is 0 Å². The maximum absolute atomic E-state index is 13.9. The van der Waals surface area contributed by atoms with Gasteiger partial charge < -0.3 is 14.6 Å². The lowest BCUT2D eigenvalue weighted by molar-refractivity contribution is -0.139. The lowest BCUT2D eigenvalue weighted by atomic mass is 10.1. The zero-order valence-electron chi connectivity index (χ0n) is 17.7. The van der Waals surface area contributed by atoms with Gasteiger partial charge in [-0.05, 0) is 42.0 Å². The molecule has 4 aromatic rings. The number of methoxy groups -OCH3 is 1. The minimum atomic E-state index is -1.16. The number of benzene rings is 3. The number of carboxylic acid groups (broad SMARTS) is 1. The van der Waals surface area contributed by atoms with Gasteiger partial charge in [-0.25, -0.2) is 9.18 Å². The highest BCUT2D eigenvalue weighted by Gasteiger charge is 2.17. The van der Waals surface area contributed by atoms with Crippen LogP contribution in [0.25, 0.3) is 22.5 Å². The van der Waals surface area contributed by atoms with Crippen LogP contribution in [-0.4, -0.2) is 34.6 Å². The quantitative estimate of drug-likeness (QED) is 0.369. The fourth-order valence-electron chi connectivity index (χ4n) is 3.48. The molecule has 1 N–H and O–H groups in total. The third kappa shape index (κ3) is 5.15. The standard InChI is InChI=1S/C25H20ClFN2O4/c1-32-23-5-3-2-4-17(23)14-29-22(16-6-8-18(26)9-7-16)13-21(28-29)20-11-10-19(27)12-24(20)33-15-25(30)31/h2-13H,14-15H2,1H3,(H,30,31). The van der Waals surface area contributed by atoms with Gasteiger partial charge in [0.05, 0.1) is 25.0 Å². The molecule has 0 saturated carbocycles. The Hall–Kier alpha value is -3.84. The SMILES string of the molecule is COc1ccccc1Cn1nc(-c2ccc(F)cc2OCC(=O)O)cc1-c1ccc(Cl)cc1. The minimum absolute atomic E-state index is 0.0991. The third-order valence-electron chi connectivity index (χ3n) is 5.00. The molecule has 33 heavy (non-hydrogen) atoms. The second-order valence-corrected chi connectivity index (χ2v) is 7.65. The molecule has 0 unspecified atom stereocenters. The van der Waals surface area contributed by atoms with E-state index in [1.54, 1.807) is 23.9 Å². The van der Waals surface area contributed by atoms with Crippen LogP contribution in [0.2, 0.25) is 5.02 Å². The van der Waals surface area contributed by atoms with Gasteiger partial charge in [0.15, 0.2) is 6.61 Å². The van der Waals surface area contributed by atoms with E-state index in [0.29, 0.717) is 22.8 Å². The number of rotatable bonds is 8. The highest BCUT2D eigenvalue weighted by molar-refractivity contribution is 6.30. The molecule has 0 aliphatic carbocycles. The average molecular weight is 467 g/mol. The molecule has 0 aliphatic heterocycles. The number of nitrogens with zero attached hydrogens (tertiary/aromatic N) is 2. The van der Waals surface area contributed by atoms with Crippen molar-refractivity contribution >= 4 is 17.6 Å². The summed E-state index contributed by atoms with van der Waals surface area (Å²) in [5.74, 6) is -0.870. The molecule has 1 heterocycles. The lowest BCUT2D eigenvalue weighted by Gasteiger charge is -2.11. The van der Waals surface area contributed by atoms with Gasteiger partial charge in [-0.3, -0.25) is 4.68 Å². The Morgan fingerprint density at radius 3 is 2.55 bits per heavy atom. The highest BCUT2D eigenvalue weighted by Crippen LogP contribution is 2.34. The first-order chi connectivity index (χ1) is 15.9. The topological polar surface area (TPSA) is 73.6 Å². The molecule has 0 atom stereocenters. The van der Waals surface area contributed by atoms with Gasteiger partial charge in [-0.2, -0.15) is 5.10 Å². The summed E-state index contributed by atoms with van der Waals surface area (Å²) in [6.45, 7) is -0.184. The van der Waals surface area contributed by atoms with Crippen LogP contribution in [0.5, 0.6) is 11.5 Å². The zero-order valence-corrected chi connectivity index (χ0v) is 18.4. The Morgan fingerprint density at radius 1 is 1.06 bits per heavy atom. The second kappa shape index (κ2) is 9.75. The Bertz CT molecular complexity index is 1290. The summed E-state index contributed by atoms with van der Waals surface area (Å²) < 4.78 is 26.5. The molecule has 0 fully saturated rings. The van der Waals surface area contributed by atoms with Crippen molar-refractivity contribution in [2.45, 2.75) is 6.54 Å². The van der Waals surface area contributed by atoms with E-state index in [0.717, 1.165) is 28.6 Å². The van der Waals surface area contributed by atoms with Crippen LogP contribution in [-0.2, 0) is 11.3 Å². The number of ether oxygens (including phenoxy) is 2. The van der Waals surface area contributed by atoms with Crippen LogP contribution in [0.4, 0.5) is 4.39 Å². The number of halogens is 2. The van der Waals surface area contributed by atoms with E-state index >= 15 is 0 Å². The molecule has 8 heteroatoms. The Morgan fingerprint density at radius 2 is 1.82 bits per heavy atom. The summed E-state index contributed by atoms with van der Waals surface area (Å²) >= 11 is 6.07. The fraction of sp³-hybridized carbons (Fsp3) is 0.120. The van der Waals surface area contributed by atoms with Crippen molar-refractivity contribution in [2.24, 2.45) is 0 Å². The summed E-state index contributed by atoms with van der Waals surface area (Å²) in [6, 6.07) is 20.8. The Balaban J connectivity index is 1.82. The molecule has 0 bridgehead atoms. The van der Waals surface area contributed by atoms with E-state index in [9.17, 15) is 9.18 Å². The van der Waals surface area contributed by atoms with Crippen LogP contribution in [0.15, 0.2) is 72.8 Å². The molecule has 6 nitrogen and oxygen atoms in total. The van der Waals surface area contributed by atoms with E-state index in [1.807, 2.05) is 42.5 Å². The van der Waals surface area contributed by atoms with E-state index in [2.05, 4.69) is 0 Å². The number of para-hydroxylation sites is 1. The Labute approximate surface area is 194 Å². The van der Waals surface area contributed by atoms with E-state index in [-0.39, 0.29) is 5.75 Å². The molecule has 168 valence electrons. The summed E-state index contributed by atoms with van der Waals surface area (Å²) in [5, 5.41) is 14.3. The van der Waals surface area contributed by atoms with E-state index in [4.69, 9.17) is 31.3 Å². The van der Waals surface area contributed by atoms with Gasteiger partial charge in [-0.15, -0.1) is 0 Å². The van der Waals surface area contributed by atoms with Crippen LogP contribution in [0.1, 0.15) is 5.56 Å². The van der Waals surface area contributed by atoms with E-state index < -0.39 is 18.4 Å². The normalized spacial score (nSPS) is 10.8. The van der Waals surface area contributed by atoms with Gasteiger partial charge in [0.1, 0.15) is 17.3 Å². The van der Waals surface area contributed by atoms with Crippen LogP contribution < -0.4 is 9.47 Å². The lowest BCUT2D eigenvalue weighted by Crippen LogP contribution is -2.10. The first-order valence-electron chi connectivity index (χ1n) is 10.0.